The molecular weight excluding hydrogens is 272 g/mol. The van der Waals surface area contributed by atoms with Crippen LogP contribution in [0.1, 0.15) is 10.5 Å². The lowest BCUT2D eigenvalue weighted by molar-refractivity contribution is -0.381. The fraction of sp³-hybridized carbons (Fsp3) is 0.500. The number of ether oxygens (including phenoxy) is 1. The Morgan fingerprint density at radius 2 is 2.10 bits per heavy atom. The molecule has 0 aliphatic carbocycles. The quantitative estimate of drug-likeness (QED) is 0.785. The predicted octanol–water partition coefficient (Wildman–Crippen LogP) is -0.845. The van der Waals surface area contributed by atoms with E-state index in [4.69, 9.17) is 4.74 Å². The number of pyridine rings is 1. The van der Waals surface area contributed by atoms with Crippen molar-refractivity contribution in [2.75, 3.05) is 51.8 Å². The molecule has 1 aromatic rings. The molecule has 0 aromatic carbocycles. The van der Waals surface area contributed by atoms with Gasteiger partial charge in [-0.25, -0.2) is 4.98 Å². The lowest BCUT2D eigenvalue weighted by atomic mass is 10.2. The van der Waals surface area contributed by atoms with E-state index in [9.17, 15) is 9.59 Å². The van der Waals surface area contributed by atoms with E-state index in [2.05, 4.69) is 15.2 Å². The summed E-state index contributed by atoms with van der Waals surface area (Å²) in [4.78, 5) is 30.0. The number of carbonyl (C=O) groups excluding carboxylic acids is 2. The van der Waals surface area contributed by atoms with Gasteiger partial charge in [0.2, 0.25) is 5.91 Å². The lowest BCUT2D eigenvalue weighted by Crippen LogP contribution is -2.39. The van der Waals surface area contributed by atoms with Gasteiger partial charge in [-0.2, -0.15) is 0 Å². The van der Waals surface area contributed by atoms with Crippen molar-refractivity contribution in [3.8, 4) is 0 Å². The third-order valence-corrected chi connectivity index (χ3v) is 3.30. The van der Waals surface area contributed by atoms with Gasteiger partial charge in [-0.3, -0.25) is 9.59 Å². The average Bonchev–Trinajstić information content (AvgIpc) is 2.53. The predicted molar refractivity (Wildman–Crippen MR) is 77.1 cm³/mol. The van der Waals surface area contributed by atoms with Crippen LogP contribution in [0.2, 0.25) is 0 Å². The van der Waals surface area contributed by atoms with Crippen molar-refractivity contribution < 1.29 is 19.3 Å². The number of carbonyl (C=O) groups is 2. The zero-order chi connectivity index (χ0) is 15.2. The highest BCUT2D eigenvalue weighted by atomic mass is 16.5. The molecule has 2 amide bonds. The standard InChI is InChI=1S/C14H20N4O3/c1-17(2)13(19)10-16-14(20)12-9-11(3-4-15-12)18-5-7-21-8-6-18/h3-4,9H,5-8,10H2,1-2H3,(H,16,20)/p+1. The number of hydrogen-bond acceptors (Lipinski definition) is 4. The van der Waals surface area contributed by atoms with Crippen LogP contribution in [-0.2, 0) is 9.53 Å². The molecule has 0 radical (unpaired) electrons. The maximum absolute atomic E-state index is 12.1. The normalized spacial score (nSPS) is 14.7. The minimum atomic E-state index is -0.291. The number of nitrogens with one attached hydrogen (secondary N) is 2. The molecule has 2 heterocycles. The van der Waals surface area contributed by atoms with Crippen LogP contribution >= 0.6 is 0 Å². The molecule has 0 atom stereocenters. The van der Waals surface area contributed by atoms with E-state index in [0.29, 0.717) is 18.9 Å². The third-order valence-electron chi connectivity index (χ3n) is 3.30. The molecule has 1 aromatic heterocycles. The van der Waals surface area contributed by atoms with Crippen LogP contribution in [0.4, 0.5) is 5.69 Å². The molecule has 0 saturated carbocycles. The number of likely N-dealkylation sites (N-methyl/N-ethyl adjacent to an activating group) is 1. The summed E-state index contributed by atoms with van der Waals surface area (Å²) >= 11 is 0. The Balaban J connectivity index is 1.99. The molecule has 114 valence electrons. The molecule has 1 aliphatic rings. The van der Waals surface area contributed by atoms with Gasteiger partial charge < -0.3 is 19.9 Å². The van der Waals surface area contributed by atoms with Crippen LogP contribution < -0.4 is 15.2 Å². The van der Waals surface area contributed by atoms with Crippen molar-refractivity contribution in [3.05, 3.63) is 24.0 Å². The fourth-order valence-electron chi connectivity index (χ4n) is 2.01. The number of morpholine rings is 1. The molecule has 2 rings (SSSR count). The smallest absolute Gasteiger partial charge is 0.316 e. The van der Waals surface area contributed by atoms with Gasteiger partial charge in [0.15, 0.2) is 6.20 Å². The second kappa shape index (κ2) is 7.03. The topological polar surface area (TPSA) is 76.0 Å². The largest absolute Gasteiger partial charge is 0.378 e. The summed E-state index contributed by atoms with van der Waals surface area (Å²) in [6, 6.07) is 3.72. The molecule has 1 fully saturated rings. The van der Waals surface area contributed by atoms with Crippen LogP contribution in [-0.4, -0.2) is 63.7 Å². The van der Waals surface area contributed by atoms with Crippen molar-refractivity contribution in [1.29, 1.82) is 0 Å². The summed E-state index contributed by atoms with van der Waals surface area (Å²) in [5, 5.41) is 2.61. The van der Waals surface area contributed by atoms with Crippen LogP contribution in [0.5, 0.6) is 0 Å². The maximum Gasteiger partial charge on any atom is 0.316 e. The average molecular weight is 293 g/mol. The van der Waals surface area contributed by atoms with E-state index >= 15 is 0 Å². The van der Waals surface area contributed by atoms with Gasteiger partial charge in [-0.15, -0.1) is 0 Å². The second-order valence-corrected chi connectivity index (χ2v) is 5.03. The molecule has 0 spiro atoms. The number of anilines is 1. The number of nitrogens with zero attached hydrogens (tertiary/aromatic N) is 2. The zero-order valence-corrected chi connectivity index (χ0v) is 12.4. The highest BCUT2D eigenvalue weighted by Crippen LogP contribution is 2.14. The van der Waals surface area contributed by atoms with E-state index in [1.165, 1.54) is 4.90 Å². The van der Waals surface area contributed by atoms with Crippen molar-refractivity contribution in [2.24, 2.45) is 0 Å². The molecule has 0 unspecified atom stereocenters. The van der Waals surface area contributed by atoms with E-state index in [1.54, 1.807) is 26.4 Å². The molecule has 0 bridgehead atoms. The summed E-state index contributed by atoms with van der Waals surface area (Å²) in [7, 11) is 3.30. The Bertz CT molecular complexity index is 513. The SMILES string of the molecule is CN(C)C(=O)CNC(=O)c1cc(N2CCOCC2)cc[nH+]1. The maximum atomic E-state index is 12.1. The van der Waals surface area contributed by atoms with Gasteiger partial charge in [0.25, 0.3) is 5.69 Å². The van der Waals surface area contributed by atoms with Crippen molar-refractivity contribution in [2.45, 2.75) is 0 Å². The number of H-pyrrole nitrogens is 1. The molecular formula is C14H21N4O3+. The summed E-state index contributed by atoms with van der Waals surface area (Å²) in [6.45, 7) is 2.99. The molecule has 21 heavy (non-hydrogen) atoms. The third kappa shape index (κ3) is 4.16. The highest BCUT2D eigenvalue weighted by Gasteiger charge is 2.18. The van der Waals surface area contributed by atoms with E-state index in [-0.39, 0.29) is 18.4 Å². The van der Waals surface area contributed by atoms with Crippen LogP contribution in [0, 0.1) is 0 Å². The number of hydrogen-bond donors (Lipinski definition) is 1. The summed E-state index contributed by atoms with van der Waals surface area (Å²) in [6.07, 6.45) is 1.73. The first-order chi connectivity index (χ1) is 10.1. The highest BCUT2D eigenvalue weighted by molar-refractivity contribution is 5.94. The van der Waals surface area contributed by atoms with Crippen molar-refractivity contribution >= 4 is 17.5 Å². The minimum Gasteiger partial charge on any atom is -0.378 e. The van der Waals surface area contributed by atoms with Gasteiger partial charge >= 0.3 is 5.91 Å². The van der Waals surface area contributed by atoms with Crippen molar-refractivity contribution in [1.82, 2.24) is 10.2 Å². The van der Waals surface area contributed by atoms with Gasteiger partial charge in [-0.1, -0.05) is 0 Å². The molecule has 1 aliphatic heterocycles. The summed E-state index contributed by atoms with van der Waals surface area (Å²) in [5.74, 6) is -0.437. The van der Waals surface area contributed by atoms with E-state index < -0.39 is 0 Å². The molecule has 7 nitrogen and oxygen atoms in total. The van der Waals surface area contributed by atoms with E-state index in [1.807, 2.05) is 6.07 Å². The van der Waals surface area contributed by atoms with Gasteiger partial charge in [-0.05, 0) is 0 Å². The molecule has 7 heteroatoms. The van der Waals surface area contributed by atoms with Gasteiger partial charge in [0.05, 0.1) is 19.8 Å². The second-order valence-electron chi connectivity index (χ2n) is 5.03. The number of aromatic nitrogens is 1. The molecule has 1 saturated heterocycles. The van der Waals surface area contributed by atoms with Gasteiger partial charge in [0, 0.05) is 45.0 Å². The fourth-order valence-corrected chi connectivity index (χ4v) is 2.01. The zero-order valence-electron chi connectivity index (χ0n) is 12.4. The number of aromatic amines is 1. The van der Waals surface area contributed by atoms with Crippen molar-refractivity contribution in [3.63, 3.8) is 0 Å². The first-order valence-corrected chi connectivity index (χ1v) is 6.90. The Labute approximate surface area is 123 Å². The van der Waals surface area contributed by atoms with Gasteiger partial charge in [0.1, 0.15) is 0 Å². The number of amides is 2. The number of rotatable bonds is 4. The molecule has 2 N–H and O–H groups in total. The Morgan fingerprint density at radius 3 is 2.76 bits per heavy atom. The lowest BCUT2D eigenvalue weighted by Gasteiger charge is -2.28. The Morgan fingerprint density at radius 1 is 1.38 bits per heavy atom. The Kier molecular flexibility index (Phi) is 5.10. The van der Waals surface area contributed by atoms with Crippen LogP contribution in [0.15, 0.2) is 18.3 Å². The monoisotopic (exact) mass is 293 g/mol. The Hall–Kier alpha value is -2.15. The minimum absolute atomic E-state index is 0.0124. The summed E-state index contributed by atoms with van der Waals surface area (Å²) < 4.78 is 5.32. The first-order valence-electron chi connectivity index (χ1n) is 6.90. The summed E-state index contributed by atoms with van der Waals surface area (Å²) in [5.41, 5.74) is 1.41. The first kappa shape index (κ1) is 15.2. The van der Waals surface area contributed by atoms with Crippen LogP contribution in [0.25, 0.3) is 0 Å². The van der Waals surface area contributed by atoms with Crippen LogP contribution in [0.3, 0.4) is 0 Å². The van der Waals surface area contributed by atoms with E-state index in [0.717, 1.165) is 18.8 Å².